The number of aryl methyl sites for hydroxylation is 1. The number of nitrogens with zero attached hydrogens (tertiary/aromatic N) is 8. The monoisotopic (exact) mass is 454 g/mol. The SMILES string of the molecule is Cc1cn(-c2cncc3[nH]c(-c4n[nH]c5cnc(-c6cncc(N(C)C)c6)c(F)c45)nc23)cn1. The van der Waals surface area contributed by atoms with Gasteiger partial charge >= 0.3 is 0 Å². The summed E-state index contributed by atoms with van der Waals surface area (Å²) in [5.41, 5.74) is 5.45. The molecule has 0 fully saturated rings. The van der Waals surface area contributed by atoms with Crippen LogP contribution in [0.15, 0.2) is 49.6 Å². The van der Waals surface area contributed by atoms with Crippen LogP contribution in [-0.4, -0.2) is 58.8 Å². The van der Waals surface area contributed by atoms with Gasteiger partial charge in [-0.2, -0.15) is 5.10 Å². The molecule has 6 rings (SSSR count). The zero-order chi connectivity index (χ0) is 23.4. The van der Waals surface area contributed by atoms with E-state index in [9.17, 15) is 0 Å². The first-order chi connectivity index (χ1) is 16.5. The molecule has 0 bridgehead atoms. The van der Waals surface area contributed by atoms with Crippen molar-refractivity contribution in [3.63, 3.8) is 0 Å². The Hall–Kier alpha value is -4.67. The van der Waals surface area contributed by atoms with Gasteiger partial charge in [0.05, 0.1) is 64.6 Å². The first kappa shape index (κ1) is 20.0. The molecule has 0 aliphatic rings. The standard InChI is InChI=1S/C23H19FN10/c1-12-10-34(11-28-12)17-9-26-7-16-21(17)30-23(29-16)22-18-15(31-32-22)8-27-20(19(18)24)13-4-14(33(2)3)6-25-5-13/h4-11H,1-3H3,(H,29,30)(H,31,32). The minimum atomic E-state index is -0.497. The third-order valence-corrected chi connectivity index (χ3v) is 5.65. The van der Waals surface area contributed by atoms with E-state index in [1.165, 1.54) is 0 Å². The molecule has 6 aromatic rings. The van der Waals surface area contributed by atoms with Crippen LogP contribution in [0.4, 0.5) is 10.1 Å². The molecule has 168 valence electrons. The van der Waals surface area contributed by atoms with E-state index in [0.717, 1.165) is 17.1 Å². The Morgan fingerprint density at radius 1 is 0.971 bits per heavy atom. The van der Waals surface area contributed by atoms with Crippen LogP contribution in [0.2, 0.25) is 0 Å². The molecular weight excluding hydrogens is 435 g/mol. The molecule has 34 heavy (non-hydrogen) atoms. The Bertz CT molecular complexity index is 1680. The Morgan fingerprint density at radius 3 is 2.62 bits per heavy atom. The second-order valence-electron chi connectivity index (χ2n) is 8.17. The number of rotatable bonds is 4. The van der Waals surface area contributed by atoms with Crippen molar-refractivity contribution in [1.29, 1.82) is 0 Å². The highest BCUT2D eigenvalue weighted by molar-refractivity contribution is 5.96. The summed E-state index contributed by atoms with van der Waals surface area (Å²) in [5.74, 6) is -0.0773. The number of imidazole rings is 2. The van der Waals surface area contributed by atoms with Crippen molar-refractivity contribution >= 4 is 27.6 Å². The molecule has 11 heteroatoms. The molecule has 10 nitrogen and oxygen atoms in total. The summed E-state index contributed by atoms with van der Waals surface area (Å²) in [7, 11) is 3.80. The van der Waals surface area contributed by atoms with E-state index < -0.39 is 5.82 Å². The van der Waals surface area contributed by atoms with Gasteiger partial charge in [-0.25, -0.2) is 14.4 Å². The maximum absolute atomic E-state index is 15.8. The van der Waals surface area contributed by atoms with Crippen LogP contribution in [-0.2, 0) is 0 Å². The summed E-state index contributed by atoms with van der Waals surface area (Å²) in [6.45, 7) is 1.91. The Labute approximate surface area is 192 Å². The van der Waals surface area contributed by atoms with E-state index in [1.54, 1.807) is 37.3 Å². The van der Waals surface area contributed by atoms with Crippen LogP contribution in [0.5, 0.6) is 0 Å². The van der Waals surface area contributed by atoms with Crippen LogP contribution in [0.3, 0.4) is 0 Å². The summed E-state index contributed by atoms with van der Waals surface area (Å²) >= 11 is 0. The van der Waals surface area contributed by atoms with Crippen molar-refractivity contribution in [2.45, 2.75) is 6.92 Å². The molecule has 0 aliphatic carbocycles. The van der Waals surface area contributed by atoms with Crippen LogP contribution in [0.1, 0.15) is 5.69 Å². The number of fused-ring (bicyclic) bond motifs is 2. The largest absolute Gasteiger partial charge is 0.376 e. The minimum absolute atomic E-state index is 0.193. The molecule has 0 aliphatic heterocycles. The average molecular weight is 454 g/mol. The molecule has 6 heterocycles. The smallest absolute Gasteiger partial charge is 0.161 e. The van der Waals surface area contributed by atoms with Crippen molar-refractivity contribution < 1.29 is 4.39 Å². The highest BCUT2D eigenvalue weighted by atomic mass is 19.1. The van der Waals surface area contributed by atoms with E-state index in [1.807, 2.05) is 42.7 Å². The number of anilines is 1. The average Bonchev–Trinajstić information content (AvgIpc) is 3.56. The summed E-state index contributed by atoms with van der Waals surface area (Å²) in [6.07, 6.45) is 11.9. The van der Waals surface area contributed by atoms with Crippen molar-refractivity contribution in [3.8, 4) is 28.5 Å². The number of halogens is 1. The lowest BCUT2D eigenvalue weighted by Crippen LogP contribution is -2.09. The van der Waals surface area contributed by atoms with E-state index in [0.29, 0.717) is 39.0 Å². The van der Waals surface area contributed by atoms with E-state index >= 15 is 4.39 Å². The summed E-state index contributed by atoms with van der Waals surface area (Å²) in [5, 5.41) is 7.51. The third-order valence-electron chi connectivity index (χ3n) is 5.65. The van der Waals surface area contributed by atoms with E-state index in [-0.39, 0.29) is 5.69 Å². The first-order valence-corrected chi connectivity index (χ1v) is 10.5. The topological polar surface area (TPSA) is 117 Å². The molecule has 0 unspecified atom stereocenters. The molecule has 0 atom stereocenters. The normalized spacial score (nSPS) is 11.5. The van der Waals surface area contributed by atoms with Crippen molar-refractivity contribution in [2.75, 3.05) is 19.0 Å². The number of hydrogen-bond donors (Lipinski definition) is 2. The fourth-order valence-corrected chi connectivity index (χ4v) is 3.92. The molecule has 0 radical (unpaired) electrons. The number of pyridine rings is 3. The van der Waals surface area contributed by atoms with Gasteiger partial charge in [-0.3, -0.25) is 20.1 Å². The van der Waals surface area contributed by atoms with E-state index in [4.69, 9.17) is 4.98 Å². The lowest BCUT2D eigenvalue weighted by Gasteiger charge is -2.13. The molecule has 0 amide bonds. The predicted octanol–water partition coefficient (Wildman–Crippen LogP) is 3.66. The summed E-state index contributed by atoms with van der Waals surface area (Å²) in [4.78, 5) is 27.0. The van der Waals surface area contributed by atoms with Crippen LogP contribution in [0, 0.1) is 12.7 Å². The van der Waals surface area contributed by atoms with Crippen molar-refractivity contribution in [2.24, 2.45) is 0 Å². The van der Waals surface area contributed by atoms with Gasteiger partial charge in [0.15, 0.2) is 11.6 Å². The molecule has 0 saturated carbocycles. The Balaban J connectivity index is 1.52. The van der Waals surface area contributed by atoms with Gasteiger partial charge < -0.3 is 14.5 Å². The molecule has 0 saturated heterocycles. The van der Waals surface area contributed by atoms with E-state index in [2.05, 4.69) is 35.1 Å². The van der Waals surface area contributed by atoms with Crippen LogP contribution >= 0.6 is 0 Å². The van der Waals surface area contributed by atoms with Crippen LogP contribution in [0.25, 0.3) is 50.4 Å². The second kappa shape index (κ2) is 7.44. The predicted molar refractivity (Wildman–Crippen MR) is 126 cm³/mol. The van der Waals surface area contributed by atoms with Gasteiger partial charge in [0.1, 0.15) is 16.9 Å². The zero-order valence-electron chi connectivity index (χ0n) is 18.6. The minimum Gasteiger partial charge on any atom is -0.376 e. The highest BCUT2D eigenvalue weighted by Crippen LogP contribution is 2.33. The quantitative estimate of drug-likeness (QED) is 0.417. The number of hydrogen-bond acceptors (Lipinski definition) is 7. The maximum atomic E-state index is 15.8. The number of nitrogens with one attached hydrogen (secondary N) is 2. The lowest BCUT2D eigenvalue weighted by molar-refractivity contribution is 0.638. The van der Waals surface area contributed by atoms with Crippen molar-refractivity contribution in [1.82, 2.24) is 44.7 Å². The fraction of sp³-hybridized carbons (Fsp3) is 0.130. The Morgan fingerprint density at radius 2 is 1.82 bits per heavy atom. The van der Waals surface area contributed by atoms with Gasteiger partial charge in [-0.15, -0.1) is 0 Å². The zero-order valence-corrected chi connectivity index (χ0v) is 18.6. The van der Waals surface area contributed by atoms with Gasteiger partial charge in [0.25, 0.3) is 0 Å². The van der Waals surface area contributed by atoms with Crippen molar-refractivity contribution in [3.05, 3.63) is 61.1 Å². The molecular formula is C23H19FN10. The molecule has 0 aromatic carbocycles. The van der Waals surface area contributed by atoms with Gasteiger partial charge in [-0.05, 0) is 13.0 Å². The Kier molecular flexibility index (Phi) is 4.37. The highest BCUT2D eigenvalue weighted by Gasteiger charge is 2.21. The lowest BCUT2D eigenvalue weighted by atomic mass is 10.1. The third kappa shape index (κ3) is 3.09. The molecule has 2 N–H and O–H groups in total. The molecule has 0 spiro atoms. The maximum Gasteiger partial charge on any atom is 0.161 e. The first-order valence-electron chi connectivity index (χ1n) is 10.5. The van der Waals surface area contributed by atoms with Gasteiger partial charge in [0, 0.05) is 32.1 Å². The number of aromatic amines is 2. The van der Waals surface area contributed by atoms with Gasteiger partial charge in [-0.1, -0.05) is 0 Å². The van der Waals surface area contributed by atoms with Crippen LogP contribution < -0.4 is 4.90 Å². The number of aromatic nitrogens is 9. The second-order valence-corrected chi connectivity index (χ2v) is 8.17. The summed E-state index contributed by atoms with van der Waals surface area (Å²) < 4.78 is 17.7. The summed E-state index contributed by atoms with van der Waals surface area (Å²) in [6, 6.07) is 1.84. The molecule has 6 aromatic heterocycles. The number of H-pyrrole nitrogens is 2. The fourth-order valence-electron chi connectivity index (χ4n) is 3.92. The van der Waals surface area contributed by atoms with Gasteiger partial charge in [0.2, 0.25) is 0 Å².